The van der Waals surface area contributed by atoms with Crippen molar-refractivity contribution < 1.29 is 18.7 Å². The van der Waals surface area contributed by atoms with Crippen molar-refractivity contribution in [1.29, 1.82) is 0 Å². The Kier molecular flexibility index (Phi) is 2.96. The predicted molar refractivity (Wildman–Crippen MR) is 47.5 cm³/mol. The van der Waals surface area contributed by atoms with Gasteiger partial charge < -0.3 is 4.74 Å². The van der Waals surface area contributed by atoms with E-state index in [9.17, 15) is 14.0 Å². The molecule has 0 unspecified atom stereocenters. The molecule has 1 aromatic rings. The van der Waals surface area contributed by atoms with E-state index < -0.39 is 17.6 Å². The summed E-state index contributed by atoms with van der Waals surface area (Å²) in [5, 5.41) is 0. The molecule has 1 aromatic carbocycles. The summed E-state index contributed by atoms with van der Waals surface area (Å²) in [6, 6.07) is 3.99. The predicted octanol–water partition coefficient (Wildman–Crippen LogP) is 1.49. The number of benzene rings is 1. The summed E-state index contributed by atoms with van der Waals surface area (Å²) in [6.45, 7) is 1.44. The molecule has 0 fully saturated rings. The molecule has 4 heteroatoms. The van der Waals surface area contributed by atoms with Crippen LogP contribution < -0.4 is 0 Å². The van der Waals surface area contributed by atoms with E-state index in [0.717, 1.165) is 7.11 Å². The lowest BCUT2D eigenvalue weighted by Crippen LogP contribution is -2.17. The topological polar surface area (TPSA) is 43.4 Å². The Morgan fingerprint density at radius 3 is 2.57 bits per heavy atom. The summed E-state index contributed by atoms with van der Waals surface area (Å²) in [4.78, 5) is 22.2. The Morgan fingerprint density at radius 1 is 1.36 bits per heavy atom. The highest BCUT2D eigenvalue weighted by Crippen LogP contribution is 2.12. The largest absolute Gasteiger partial charge is 0.463 e. The molecule has 0 saturated heterocycles. The fourth-order valence-corrected chi connectivity index (χ4v) is 1.06. The van der Waals surface area contributed by atoms with Gasteiger partial charge in [0.1, 0.15) is 5.82 Å². The molecule has 0 aliphatic carbocycles. The maximum absolute atomic E-state index is 13.0. The van der Waals surface area contributed by atoms with E-state index in [1.807, 2.05) is 0 Å². The molecule has 14 heavy (non-hydrogen) atoms. The molecule has 0 atom stereocenters. The molecule has 0 N–H and O–H groups in total. The number of carbonyl (C=O) groups is 2. The second-order valence-electron chi connectivity index (χ2n) is 2.73. The first-order chi connectivity index (χ1) is 6.57. The van der Waals surface area contributed by atoms with E-state index in [-0.39, 0.29) is 11.1 Å². The smallest absolute Gasteiger partial charge is 0.379 e. The van der Waals surface area contributed by atoms with E-state index in [0.29, 0.717) is 0 Å². The minimum absolute atomic E-state index is 0.0388. The van der Waals surface area contributed by atoms with Crippen LogP contribution in [0.2, 0.25) is 0 Å². The van der Waals surface area contributed by atoms with Crippen LogP contribution in [0.4, 0.5) is 4.39 Å². The lowest BCUT2D eigenvalue weighted by molar-refractivity contribution is -0.135. The van der Waals surface area contributed by atoms with Gasteiger partial charge in [-0.05, 0) is 18.6 Å². The van der Waals surface area contributed by atoms with Gasteiger partial charge in [-0.3, -0.25) is 4.79 Å². The minimum atomic E-state index is -0.987. The van der Waals surface area contributed by atoms with Gasteiger partial charge in [0.2, 0.25) is 0 Å². The Bertz CT molecular complexity index is 385. The van der Waals surface area contributed by atoms with Crippen molar-refractivity contribution in [3.05, 3.63) is 35.1 Å². The molecule has 0 amide bonds. The van der Waals surface area contributed by atoms with Gasteiger partial charge in [-0.25, -0.2) is 9.18 Å². The van der Waals surface area contributed by atoms with Gasteiger partial charge in [0, 0.05) is 5.56 Å². The van der Waals surface area contributed by atoms with Crippen LogP contribution >= 0.6 is 0 Å². The standard InChI is InChI=1S/C10H9FO3/c1-6-7(4-3-5-8(6)11)9(12)10(13)14-2/h3-5H,1-2H3. The van der Waals surface area contributed by atoms with Crippen LogP contribution in [0.25, 0.3) is 0 Å². The third-order valence-corrected chi connectivity index (χ3v) is 1.88. The average molecular weight is 196 g/mol. The first kappa shape index (κ1) is 10.4. The summed E-state index contributed by atoms with van der Waals surface area (Å²) in [5.41, 5.74) is 0.194. The number of halogens is 1. The highest BCUT2D eigenvalue weighted by atomic mass is 19.1. The number of ether oxygens (including phenoxy) is 1. The van der Waals surface area contributed by atoms with Gasteiger partial charge in [-0.15, -0.1) is 0 Å². The molecule has 74 valence electrons. The van der Waals surface area contributed by atoms with Crippen LogP contribution in [0.15, 0.2) is 18.2 Å². The zero-order valence-electron chi connectivity index (χ0n) is 7.83. The molecule has 0 aromatic heterocycles. The van der Waals surface area contributed by atoms with E-state index in [1.54, 1.807) is 0 Å². The number of Topliss-reactive ketones (excluding diaryl/α,β-unsaturated/α-hetero) is 1. The molecule has 0 bridgehead atoms. The fraction of sp³-hybridized carbons (Fsp3) is 0.200. The number of rotatable bonds is 2. The molecule has 0 spiro atoms. The van der Waals surface area contributed by atoms with Crippen LogP contribution in [0.1, 0.15) is 15.9 Å². The lowest BCUT2D eigenvalue weighted by Gasteiger charge is -2.03. The van der Waals surface area contributed by atoms with Crippen molar-refractivity contribution in [3.8, 4) is 0 Å². The van der Waals surface area contributed by atoms with Crippen LogP contribution in [0, 0.1) is 12.7 Å². The Hall–Kier alpha value is -1.71. The fourth-order valence-electron chi connectivity index (χ4n) is 1.06. The van der Waals surface area contributed by atoms with Crippen LogP contribution in [-0.2, 0) is 9.53 Å². The number of carbonyl (C=O) groups excluding carboxylic acids is 2. The first-order valence-electron chi connectivity index (χ1n) is 3.95. The molecule has 0 aliphatic heterocycles. The molecule has 1 rings (SSSR count). The summed E-state index contributed by atoms with van der Waals surface area (Å²) in [5.74, 6) is -2.33. The van der Waals surface area contributed by atoms with Crippen molar-refractivity contribution in [1.82, 2.24) is 0 Å². The van der Waals surface area contributed by atoms with Crippen molar-refractivity contribution >= 4 is 11.8 Å². The molecule has 0 aliphatic rings. The van der Waals surface area contributed by atoms with Gasteiger partial charge in [-0.2, -0.15) is 0 Å². The van der Waals surface area contributed by atoms with Crippen LogP contribution in [-0.4, -0.2) is 18.9 Å². The maximum atomic E-state index is 13.0. The van der Waals surface area contributed by atoms with Crippen molar-refractivity contribution in [3.63, 3.8) is 0 Å². The zero-order valence-corrected chi connectivity index (χ0v) is 7.83. The van der Waals surface area contributed by atoms with E-state index in [1.165, 1.54) is 25.1 Å². The minimum Gasteiger partial charge on any atom is -0.463 e. The molecule has 0 saturated carbocycles. The van der Waals surface area contributed by atoms with Crippen molar-refractivity contribution in [2.75, 3.05) is 7.11 Å². The highest BCUT2D eigenvalue weighted by Gasteiger charge is 2.19. The summed E-state index contributed by atoms with van der Waals surface area (Å²) >= 11 is 0. The second-order valence-corrected chi connectivity index (χ2v) is 2.73. The molecular weight excluding hydrogens is 187 g/mol. The monoisotopic (exact) mass is 196 g/mol. The summed E-state index contributed by atoms with van der Waals surface area (Å²) < 4.78 is 17.3. The molecule has 3 nitrogen and oxygen atoms in total. The summed E-state index contributed by atoms with van der Waals surface area (Å²) in [7, 11) is 1.11. The Morgan fingerprint density at radius 2 is 2.00 bits per heavy atom. The Labute approximate surface area is 80.5 Å². The van der Waals surface area contributed by atoms with Gasteiger partial charge in [0.05, 0.1) is 7.11 Å². The molecule has 0 radical (unpaired) electrons. The van der Waals surface area contributed by atoms with Crippen molar-refractivity contribution in [2.45, 2.75) is 6.92 Å². The maximum Gasteiger partial charge on any atom is 0.379 e. The highest BCUT2D eigenvalue weighted by molar-refractivity contribution is 6.40. The van der Waals surface area contributed by atoms with Crippen molar-refractivity contribution in [2.24, 2.45) is 0 Å². The molecule has 0 heterocycles. The Balaban J connectivity index is 3.14. The van der Waals surface area contributed by atoms with E-state index in [4.69, 9.17) is 0 Å². The lowest BCUT2D eigenvalue weighted by atomic mass is 10.0. The number of methoxy groups -OCH3 is 1. The first-order valence-corrected chi connectivity index (χ1v) is 3.95. The SMILES string of the molecule is COC(=O)C(=O)c1cccc(F)c1C. The van der Waals surface area contributed by atoms with Gasteiger partial charge in [0.25, 0.3) is 5.78 Å². The zero-order chi connectivity index (χ0) is 10.7. The average Bonchev–Trinajstić information content (AvgIpc) is 2.20. The molecular formula is C10H9FO3. The number of ketones is 1. The third-order valence-electron chi connectivity index (χ3n) is 1.88. The van der Waals surface area contributed by atoms with Gasteiger partial charge in [-0.1, -0.05) is 12.1 Å². The van der Waals surface area contributed by atoms with E-state index in [2.05, 4.69) is 4.74 Å². The quantitative estimate of drug-likeness (QED) is 0.409. The van der Waals surface area contributed by atoms with Crippen LogP contribution in [0.5, 0.6) is 0 Å². The normalized spacial score (nSPS) is 9.64. The second kappa shape index (κ2) is 4.00. The number of hydrogen-bond donors (Lipinski definition) is 0. The summed E-state index contributed by atoms with van der Waals surface area (Å²) in [6.07, 6.45) is 0. The van der Waals surface area contributed by atoms with Gasteiger partial charge >= 0.3 is 5.97 Å². The number of hydrogen-bond acceptors (Lipinski definition) is 3. The number of esters is 1. The van der Waals surface area contributed by atoms with Crippen LogP contribution in [0.3, 0.4) is 0 Å². The van der Waals surface area contributed by atoms with E-state index >= 15 is 0 Å². The third kappa shape index (κ3) is 1.79. The van der Waals surface area contributed by atoms with Gasteiger partial charge in [0.15, 0.2) is 0 Å².